The topological polar surface area (TPSA) is 67.1 Å². The number of carbonyl (C=O) groups excluding carboxylic acids is 1. The van der Waals surface area contributed by atoms with E-state index in [1.54, 1.807) is 0 Å². The zero-order chi connectivity index (χ0) is 16.2. The Bertz CT molecular complexity index is 511. The Kier molecular flexibility index (Phi) is 5.59. The van der Waals surface area contributed by atoms with Crippen LogP contribution in [0.1, 0.15) is 51.2 Å². The Morgan fingerprint density at radius 3 is 2.86 bits per heavy atom. The van der Waals surface area contributed by atoms with Gasteiger partial charge in [-0.3, -0.25) is 10.1 Å². The molecule has 0 fully saturated rings. The lowest BCUT2D eigenvalue weighted by Crippen LogP contribution is -2.55. The minimum absolute atomic E-state index is 0.100. The molecule has 4 N–H and O–H groups in total. The van der Waals surface area contributed by atoms with E-state index in [1.165, 1.54) is 11.1 Å². The van der Waals surface area contributed by atoms with Gasteiger partial charge in [-0.15, -0.1) is 0 Å². The van der Waals surface area contributed by atoms with Crippen molar-refractivity contribution >= 4 is 5.91 Å². The van der Waals surface area contributed by atoms with Gasteiger partial charge in [0.1, 0.15) is 0 Å². The van der Waals surface area contributed by atoms with Gasteiger partial charge in [0.05, 0.1) is 6.04 Å². The fourth-order valence-corrected chi connectivity index (χ4v) is 3.18. The van der Waals surface area contributed by atoms with Gasteiger partial charge in [-0.2, -0.15) is 0 Å². The van der Waals surface area contributed by atoms with E-state index in [1.807, 2.05) is 13.0 Å². The highest BCUT2D eigenvalue weighted by Crippen LogP contribution is 2.29. The van der Waals surface area contributed by atoms with Crippen molar-refractivity contribution < 1.29 is 4.79 Å². The molecule has 0 spiro atoms. The molecular weight excluding hydrogens is 274 g/mol. The molecule has 0 aliphatic carbocycles. The van der Waals surface area contributed by atoms with Crippen molar-refractivity contribution in [1.29, 1.82) is 0 Å². The first-order chi connectivity index (χ1) is 10.4. The van der Waals surface area contributed by atoms with E-state index >= 15 is 0 Å². The van der Waals surface area contributed by atoms with Gasteiger partial charge in [0.2, 0.25) is 5.91 Å². The third-order valence-electron chi connectivity index (χ3n) is 4.35. The molecule has 22 heavy (non-hydrogen) atoms. The van der Waals surface area contributed by atoms with E-state index in [0.717, 1.165) is 32.2 Å². The number of amides is 1. The molecule has 0 radical (unpaired) electrons. The van der Waals surface area contributed by atoms with Gasteiger partial charge < -0.3 is 11.1 Å². The lowest BCUT2D eigenvalue weighted by molar-refractivity contribution is -0.123. The zero-order valence-corrected chi connectivity index (χ0v) is 14.0. The van der Waals surface area contributed by atoms with Gasteiger partial charge in [-0.1, -0.05) is 30.7 Å². The van der Waals surface area contributed by atoms with E-state index in [9.17, 15) is 4.79 Å². The first kappa shape index (κ1) is 17.0. The molecule has 1 aromatic carbocycles. The highest BCUT2D eigenvalue weighted by molar-refractivity contribution is 5.82. The fourth-order valence-electron chi connectivity index (χ4n) is 3.18. The molecule has 4 nitrogen and oxygen atoms in total. The van der Waals surface area contributed by atoms with Crippen LogP contribution in [0.5, 0.6) is 0 Å². The maximum absolute atomic E-state index is 12.4. The molecule has 0 bridgehead atoms. The van der Waals surface area contributed by atoms with Crippen molar-refractivity contribution in [2.45, 2.75) is 64.1 Å². The Morgan fingerprint density at radius 2 is 2.14 bits per heavy atom. The van der Waals surface area contributed by atoms with Crippen molar-refractivity contribution in [2.75, 3.05) is 6.54 Å². The second-order valence-corrected chi connectivity index (χ2v) is 6.95. The summed E-state index contributed by atoms with van der Waals surface area (Å²) >= 11 is 0. The van der Waals surface area contributed by atoms with Crippen LogP contribution in [-0.4, -0.2) is 24.5 Å². The number of hydrogen-bond acceptors (Lipinski definition) is 3. The third-order valence-corrected chi connectivity index (χ3v) is 4.35. The van der Waals surface area contributed by atoms with Gasteiger partial charge in [0, 0.05) is 18.1 Å². The van der Waals surface area contributed by atoms with Crippen LogP contribution in [0, 0.1) is 0 Å². The predicted octanol–water partition coefficient (Wildman–Crippen LogP) is 2.07. The van der Waals surface area contributed by atoms with Crippen molar-refractivity contribution in [1.82, 2.24) is 10.6 Å². The Labute approximate surface area is 133 Å². The summed E-state index contributed by atoms with van der Waals surface area (Å²) in [6.45, 7) is 7.01. The highest BCUT2D eigenvalue weighted by Gasteiger charge is 2.34. The molecule has 122 valence electrons. The first-order valence-electron chi connectivity index (χ1n) is 8.29. The summed E-state index contributed by atoms with van der Waals surface area (Å²) < 4.78 is 0. The smallest absolute Gasteiger partial charge is 0.237 e. The van der Waals surface area contributed by atoms with E-state index < -0.39 is 0 Å². The lowest BCUT2D eigenvalue weighted by Gasteiger charge is -2.38. The number of hydrogen-bond donors (Lipinski definition) is 3. The maximum Gasteiger partial charge on any atom is 0.237 e. The highest BCUT2D eigenvalue weighted by atomic mass is 16.2. The van der Waals surface area contributed by atoms with Crippen LogP contribution in [0.25, 0.3) is 0 Å². The number of unbranched alkanes of at least 4 members (excludes halogenated alkanes) is 1. The average molecular weight is 303 g/mol. The molecular formula is C18H29N3O. The summed E-state index contributed by atoms with van der Waals surface area (Å²) in [5.41, 5.74) is 8.11. The fraction of sp³-hybridized carbons (Fsp3) is 0.611. The van der Waals surface area contributed by atoms with Crippen molar-refractivity contribution in [3.8, 4) is 0 Å². The van der Waals surface area contributed by atoms with Gasteiger partial charge in [-0.25, -0.2) is 0 Å². The summed E-state index contributed by atoms with van der Waals surface area (Å²) in [5.74, 6) is 0.100. The van der Waals surface area contributed by atoms with Gasteiger partial charge in [0.25, 0.3) is 0 Å². The molecule has 0 aromatic heterocycles. The minimum Gasteiger partial charge on any atom is -0.355 e. The molecule has 2 atom stereocenters. The van der Waals surface area contributed by atoms with Crippen molar-refractivity contribution in [2.24, 2.45) is 5.73 Å². The largest absolute Gasteiger partial charge is 0.355 e. The standard InChI is InChI=1S/C18H29N3O/c1-13(19)8-6-7-11-20-17(22)16-12-14-9-4-5-10-15(14)18(2,3)21-16/h4-5,9-10,13,16,21H,6-8,11-12,19H2,1-3H3,(H,20,22)/t13?,16-/m0/s1. The molecule has 1 aromatic rings. The van der Waals surface area contributed by atoms with Crippen LogP contribution >= 0.6 is 0 Å². The molecule has 1 aliphatic rings. The van der Waals surface area contributed by atoms with Gasteiger partial charge in [-0.05, 0) is 51.2 Å². The quantitative estimate of drug-likeness (QED) is 0.705. The molecule has 4 heteroatoms. The van der Waals surface area contributed by atoms with Crippen LogP contribution in [0.4, 0.5) is 0 Å². The Balaban J connectivity index is 1.87. The molecule has 0 saturated heterocycles. The third kappa shape index (κ3) is 4.31. The second-order valence-electron chi connectivity index (χ2n) is 6.95. The number of benzene rings is 1. The minimum atomic E-state index is -0.175. The van der Waals surface area contributed by atoms with Crippen LogP contribution < -0.4 is 16.4 Å². The van der Waals surface area contributed by atoms with Crippen LogP contribution in [-0.2, 0) is 16.8 Å². The summed E-state index contributed by atoms with van der Waals surface area (Å²) in [6, 6.07) is 8.46. The molecule has 0 saturated carbocycles. The van der Waals surface area contributed by atoms with Gasteiger partial charge >= 0.3 is 0 Å². The summed E-state index contributed by atoms with van der Waals surface area (Å²) in [6.07, 6.45) is 3.81. The molecule has 1 unspecified atom stereocenters. The monoisotopic (exact) mass is 303 g/mol. The average Bonchev–Trinajstić information content (AvgIpc) is 2.45. The maximum atomic E-state index is 12.4. The number of rotatable bonds is 6. The first-order valence-corrected chi connectivity index (χ1v) is 8.29. The summed E-state index contributed by atoms with van der Waals surface area (Å²) in [7, 11) is 0. The van der Waals surface area contributed by atoms with E-state index in [-0.39, 0.29) is 23.5 Å². The Morgan fingerprint density at radius 1 is 1.41 bits per heavy atom. The van der Waals surface area contributed by atoms with Crippen molar-refractivity contribution in [3.63, 3.8) is 0 Å². The van der Waals surface area contributed by atoms with Gasteiger partial charge in [0.15, 0.2) is 0 Å². The lowest BCUT2D eigenvalue weighted by atomic mass is 9.82. The van der Waals surface area contributed by atoms with E-state index in [4.69, 9.17) is 5.73 Å². The number of nitrogens with one attached hydrogen (secondary N) is 2. The molecule has 2 rings (SSSR count). The number of nitrogens with two attached hydrogens (primary N) is 1. The van der Waals surface area contributed by atoms with Crippen LogP contribution in [0.3, 0.4) is 0 Å². The number of fused-ring (bicyclic) bond motifs is 1. The summed E-state index contributed by atoms with van der Waals surface area (Å²) in [5, 5.41) is 6.53. The van der Waals surface area contributed by atoms with Crippen LogP contribution in [0.2, 0.25) is 0 Å². The second kappa shape index (κ2) is 7.25. The zero-order valence-electron chi connectivity index (χ0n) is 14.0. The normalized spacial score (nSPS) is 21.0. The molecule has 1 heterocycles. The predicted molar refractivity (Wildman–Crippen MR) is 90.6 cm³/mol. The van der Waals surface area contributed by atoms with Crippen molar-refractivity contribution in [3.05, 3.63) is 35.4 Å². The SMILES string of the molecule is CC(N)CCCCNC(=O)[C@@H]1Cc2ccccc2C(C)(C)N1. The Hall–Kier alpha value is -1.39. The molecule has 1 amide bonds. The summed E-state index contributed by atoms with van der Waals surface area (Å²) in [4.78, 5) is 12.4. The van der Waals surface area contributed by atoms with E-state index in [2.05, 4.69) is 42.7 Å². The number of carbonyl (C=O) groups is 1. The molecule has 1 aliphatic heterocycles. The van der Waals surface area contributed by atoms with Crippen LogP contribution in [0.15, 0.2) is 24.3 Å². The van der Waals surface area contributed by atoms with E-state index in [0.29, 0.717) is 0 Å².